The van der Waals surface area contributed by atoms with Crippen molar-refractivity contribution in [3.8, 4) is 0 Å². The third-order valence-corrected chi connectivity index (χ3v) is 4.26. The molecule has 3 rings (SSSR count). The van der Waals surface area contributed by atoms with Crippen molar-refractivity contribution >= 4 is 5.91 Å². The number of carbonyl (C=O) groups excluding carboxylic acids is 1. The van der Waals surface area contributed by atoms with E-state index in [1.54, 1.807) is 6.20 Å². The molecule has 5 heteroatoms. The standard InChI is InChI=1S/C12H18N4O/c1-7-9(4-14-15-7)12(17)16-5-8-2-3-11(13)10(8)6-16/h4,8,10-11H,2-3,5-6,13H2,1H3,(H,14,15). The minimum atomic E-state index is 0.0952. The summed E-state index contributed by atoms with van der Waals surface area (Å²) in [5.74, 6) is 1.21. The quantitative estimate of drug-likeness (QED) is 0.744. The summed E-state index contributed by atoms with van der Waals surface area (Å²) in [4.78, 5) is 14.2. The van der Waals surface area contributed by atoms with Crippen LogP contribution in [0.5, 0.6) is 0 Å². The Morgan fingerprint density at radius 3 is 3.00 bits per heavy atom. The lowest BCUT2D eigenvalue weighted by Crippen LogP contribution is -2.33. The molecule has 1 aliphatic carbocycles. The van der Waals surface area contributed by atoms with Gasteiger partial charge >= 0.3 is 0 Å². The molecule has 3 N–H and O–H groups in total. The summed E-state index contributed by atoms with van der Waals surface area (Å²) in [6.45, 7) is 3.56. The van der Waals surface area contributed by atoms with Gasteiger partial charge in [-0.2, -0.15) is 5.10 Å². The van der Waals surface area contributed by atoms with Crippen molar-refractivity contribution in [3.63, 3.8) is 0 Å². The molecule has 1 amide bonds. The van der Waals surface area contributed by atoms with E-state index in [1.165, 1.54) is 6.42 Å². The number of nitrogens with zero attached hydrogens (tertiary/aromatic N) is 2. The van der Waals surface area contributed by atoms with Gasteiger partial charge in [0.1, 0.15) is 0 Å². The molecule has 1 saturated heterocycles. The number of aromatic nitrogens is 2. The number of carbonyl (C=O) groups is 1. The Bertz CT molecular complexity index is 441. The Morgan fingerprint density at radius 2 is 2.35 bits per heavy atom. The fourth-order valence-electron chi connectivity index (χ4n) is 3.21. The molecule has 0 aromatic carbocycles. The van der Waals surface area contributed by atoms with Crippen LogP contribution < -0.4 is 5.73 Å². The summed E-state index contributed by atoms with van der Waals surface area (Å²) in [6.07, 6.45) is 3.90. The van der Waals surface area contributed by atoms with Crippen LogP contribution in [0.4, 0.5) is 0 Å². The molecule has 2 heterocycles. The number of hydrogen-bond donors (Lipinski definition) is 2. The van der Waals surface area contributed by atoms with E-state index in [1.807, 2.05) is 11.8 Å². The van der Waals surface area contributed by atoms with E-state index in [2.05, 4.69) is 10.2 Å². The third-order valence-electron chi connectivity index (χ3n) is 4.26. The maximum absolute atomic E-state index is 12.3. The highest BCUT2D eigenvalue weighted by atomic mass is 16.2. The van der Waals surface area contributed by atoms with E-state index < -0.39 is 0 Å². The number of likely N-dealkylation sites (tertiary alicyclic amines) is 1. The molecule has 2 aliphatic rings. The van der Waals surface area contributed by atoms with Crippen LogP contribution in [0.2, 0.25) is 0 Å². The van der Waals surface area contributed by atoms with Crippen molar-refractivity contribution in [1.82, 2.24) is 15.1 Å². The Kier molecular flexibility index (Phi) is 2.43. The lowest BCUT2D eigenvalue weighted by atomic mass is 9.98. The number of hydrogen-bond acceptors (Lipinski definition) is 3. The Labute approximate surface area is 100 Å². The van der Waals surface area contributed by atoms with E-state index in [0.29, 0.717) is 17.4 Å². The minimum absolute atomic E-state index is 0.0952. The first-order valence-corrected chi connectivity index (χ1v) is 6.21. The number of nitrogens with two attached hydrogens (primary N) is 1. The summed E-state index contributed by atoms with van der Waals surface area (Å²) < 4.78 is 0. The van der Waals surface area contributed by atoms with E-state index in [4.69, 9.17) is 5.73 Å². The van der Waals surface area contributed by atoms with Gasteiger partial charge in [0.25, 0.3) is 5.91 Å². The number of aromatic amines is 1. The Hall–Kier alpha value is -1.36. The predicted octanol–water partition coefficient (Wildman–Crippen LogP) is 0.527. The van der Waals surface area contributed by atoms with Crippen LogP contribution in [-0.4, -0.2) is 40.1 Å². The number of rotatable bonds is 1. The normalized spacial score (nSPS) is 31.9. The maximum Gasteiger partial charge on any atom is 0.257 e. The second kappa shape index (κ2) is 3.84. The fourth-order valence-corrected chi connectivity index (χ4v) is 3.21. The SMILES string of the molecule is Cc1[nH]ncc1C(=O)N1CC2CCC(N)C2C1. The molecule has 1 aliphatic heterocycles. The lowest BCUT2D eigenvalue weighted by molar-refractivity contribution is 0.0779. The van der Waals surface area contributed by atoms with Crippen LogP contribution in [0, 0.1) is 18.8 Å². The zero-order valence-corrected chi connectivity index (χ0v) is 10.0. The van der Waals surface area contributed by atoms with Gasteiger partial charge in [0.15, 0.2) is 0 Å². The van der Waals surface area contributed by atoms with Gasteiger partial charge in [0, 0.05) is 24.8 Å². The molecular formula is C12H18N4O. The van der Waals surface area contributed by atoms with Gasteiger partial charge in [-0.1, -0.05) is 0 Å². The largest absolute Gasteiger partial charge is 0.338 e. The zero-order chi connectivity index (χ0) is 12.0. The van der Waals surface area contributed by atoms with E-state index in [9.17, 15) is 4.79 Å². The first-order chi connectivity index (χ1) is 8.16. The lowest BCUT2D eigenvalue weighted by Gasteiger charge is -2.18. The van der Waals surface area contributed by atoms with E-state index in [-0.39, 0.29) is 11.9 Å². The fraction of sp³-hybridized carbons (Fsp3) is 0.667. The van der Waals surface area contributed by atoms with Crippen LogP contribution in [0.3, 0.4) is 0 Å². The molecule has 92 valence electrons. The number of H-pyrrole nitrogens is 1. The Morgan fingerprint density at radius 1 is 1.53 bits per heavy atom. The molecule has 3 unspecified atom stereocenters. The second-order valence-corrected chi connectivity index (χ2v) is 5.28. The molecule has 2 fully saturated rings. The molecule has 1 saturated carbocycles. The van der Waals surface area contributed by atoms with Crippen LogP contribution in [0.1, 0.15) is 28.9 Å². The molecule has 17 heavy (non-hydrogen) atoms. The summed E-state index contributed by atoms with van der Waals surface area (Å²) >= 11 is 0. The molecule has 0 bridgehead atoms. The van der Waals surface area contributed by atoms with Crippen molar-refractivity contribution in [2.45, 2.75) is 25.8 Å². The number of aryl methyl sites for hydroxylation is 1. The van der Waals surface area contributed by atoms with Crippen LogP contribution >= 0.6 is 0 Å². The summed E-state index contributed by atoms with van der Waals surface area (Å²) in [7, 11) is 0. The van der Waals surface area contributed by atoms with Crippen molar-refractivity contribution < 1.29 is 4.79 Å². The van der Waals surface area contributed by atoms with Crippen LogP contribution in [0.25, 0.3) is 0 Å². The van der Waals surface area contributed by atoms with E-state index in [0.717, 1.165) is 25.2 Å². The summed E-state index contributed by atoms with van der Waals surface area (Å²) in [5.41, 5.74) is 7.61. The third kappa shape index (κ3) is 1.65. The molecule has 0 spiro atoms. The topological polar surface area (TPSA) is 75.0 Å². The summed E-state index contributed by atoms with van der Waals surface area (Å²) in [6, 6.07) is 0.281. The first kappa shape index (κ1) is 10.8. The predicted molar refractivity (Wildman–Crippen MR) is 63.4 cm³/mol. The average molecular weight is 234 g/mol. The van der Waals surface area contributed by atoms with Gasteiger partial charge in [0.2, 0.25) is 0 Å². The Balaban J connectivity index is 1.75. The zero-order valence-electron chi connectivity index (χ0n) is 10.0. The second-order valence-electron chi connectivity index (χ2n) is 5.28. The van der Waals surface area contributed by atoms with Crippen molar-refractivity contribution in [1.29, 1.82) is 0 Å². The highest BCUT2D eigenvalue weighted by molar-refractivity contribution is 5.95. The van der Waals surface area contributed by atoms with Gasteiger partial charge in [-0.05, 0) is 31.6 Å². The summed E-state index contributed by atoms with van der Waals surface area (Å²) in [5, 5.41) is 6.71. The first-order valence-electron chi connectivity index (χ1n) is 6.21. The highest BCUT2D eigenvalue weighted by Crippen LogP contribution is 2.37. The van der Waals surface area contributed by atoms with Crippen molar-refractivity contribution in [3.05, 3.63) is 17.5 Å². The van der Waals surface area contributed by atoms with Crippen molar-refractivity contribution in [2.75, 3.05) is 13.1 Å². The minimum Gasteiger partial charge on any atom is -0.338 e. The highest BCUT2D eigenvalue weighted by Gasteiger charge is 2.42. The number of fused-ring (bicyclic) bond motifs is 1. The van der Waals surface area contributed by atoms with Crippen LogP contribution in [0.15, 0.2) is 6.20 Å². The van der Waals surface area contributed by atoms with Crippen LogP contribution in [-0.2, 0) is 0 Å². The molecule has 0 radical (unpaired) electrons. The molecule has 3 atom stereocenters. The molecule has 1 aromatic heterocycles. The van der Waals surface area contributed by atoms with Gasteiger partial charge in [0.05, 0.1) is 11.8 Å². The maximum atomic E-state index is 12.3. The molecule has 1 aromatic rings. The number of nitrogens with one attached hydrogen (secondary N) is 1. The van der Waals surface area contributed by atoms with Crippen molar-refractivity contribution in [2.24, 2.45) is 17.6 Å². The van der Waals surface area contributed by atoms with E-state index >= 15 is 0 Å². The monoisotopic (exact) mass is 234 g/mol. The number of amides is 1. The molecule has 5 nitrogen and oxygen atoms in total. The van der Waals surface area contributed by atoms with Gasteiger partial charge in [-0.25, -0.2) is 0 Å². The molecular weight excluding hydrogens is 216 g/mol. The van der Waals surface area contributed by atoms with Gasteiger partial charge in [-0.15, -0.1) is 0 Å². The average Bonchev–Trinajstić information content (AvgIpc) is 2.96. The van der Waals surface area contributed by atoms with Gasteiger partial charge in [-0.3, -0.25) is 9.89 Å². The van der Waals surface area contributed by atoms with Gasteiger partial charge < -0.3 is 10.6 Å². The smallest absolute Gasteiger partial charge is 0.257 e.